The third-order valence-corrected chi connectivity index (χ3v) is 6.69. The third-order valence-electron chi connectivity index (χ3n) is 6.35. The van der Waals surface area contributed by atoms with Crippen molar-refractivity contribution in [3.63, 3.8) is 0 Å². The van der Waals surface area contributed by atoms with E-state index in [1.807, 2.05) is 35.2 Å². The van der Waals surface area contributed by atoms with E-state index in [1.54, 1.807) is 0 Å². The Morgan fingerprint density at radius 2 is 1.78 bits per heavy atom. The van der Waals surface area contributed by atoms with Gasteiger partial charge in [-0.2, -0.15) is 0 Å². The van der Waals surface area contributed by atoms with Gasteiger partial charge in [0.2, 0.25) is 5.91 Å². The predicted molar refractivity (Wildman–Crippen MR) is 129 cm³/mol. The van der Waals surface area contributed by atoms with E-state index in [0.29, 0.717) is 6.42 Å². The average Bonchev–Trinajstić information content (AvgIpc) is 3.40. The number of carbonyl (C=O) groups excluding carboxylic acids is 1. The first-order chi connectivity index (χ1) is 15.5. The lowest BCUT2D eigenvalue weighted by Gasteiger charge is -2.26. The number of hydrogen-bond acceptors (Lipinski definition) is 2. The molecule has 0 N–H and O–H groups in total. The number of pyridine rings is 1. The summed E-state index contributed by atoms with van der Waals surface area (Å²) in [5, 5.41) is 0.725. The molecular weight excluding hydrogens is 418 g/mol. The highest BCUT2D eigenvalue weighted by atomic mass is 35.5. The van der Waals surface area contributed by atoms with Gasteiger partial charge in [0.1, 0.15) is 5.65 Å². The van der Waals surface area contributed by atoms with Crippen LogP contribution in [0.4, 0.5) is 0 Å². The maximum atomic E-state index is 13.6. The summed E-state index contributed by atoms with van der Waals surface area (Å²) in [4.78, 5) is 20.5. The van der Waals surface area contributed by atoms with Gasteiger partial charge in [0, 0.05) is 23.3 Å². The summed E-state index contributed by atoms with van der Waals surface area (Å²) in [5.41, 5.74) is 7.06. The smallest absolute Gasteiger partial charge is 0.229 e. The van der Waals surface area contributed by atoms with Gasteiger partial charge in [0.15, 0.2) is 0 Å². The topological polar surface area (TPSA) is 37.6 Å². The van der Waals surface area contributed by atoms with E-state index in [-0.39, 0.29) is 11.9 Å². The first kappa shape index (κ1) is 20.8. The summed E-state index contributed by atoms with van der Waals surface area (Å²) >= 11 is 6.48. The number of fused-ring (bicyclic) bond motifs is 1. The number of hydrogen-bond donors (Lipinski definition) is 0. The minimum absolute atomic E-state index is 0.0277. The van der Waals surface area contributed by atoms with Crippen LogP contribution in [0.2, 0.25) is 5.02 Å². The van der Waals surface area contributed by atoms with E-state index < -0.39 is 0 Å². The van der Waals surface area contributed by atoms with Crippen LogP contribution in [-0.4, -0.2) is 26.7 Å². The lowest BCUT2D eigenvalue weighted by atomic mass is 10.0. The minimum atomic E-state index is 0.0277. The molecule has 4 aromatic rings. The molecule has 3 heterocycles. The lowest BCUT2D eigenvalue weighted by Crippen LogP contribution is -2.32. The molecule has 1 aliphatic rings. The van der Waals surface area contributed by atoms with Crippen LogP contribution in [0.15, 0.2) is 66.9 Å². The molecule has 0 spiro atoms. The molecule has 162 valence electrons. The quantitative estimate of drug-likeness (QED) is 0.377. The van der Waals surface area contributed by atoms with Gasteiger partial charge in [-0.15, -0.1) is 0 Å². The second kappa shape index (κ2) is 8.44. The Morgan fingerprint density at radius 3 is 2.56 bits per heavy atom. The van der Waals surface area contributed by atoms with E-state index in [1.165, 1.54) is 5.56 Å². The summed E-state index contributed by atoms with van der Waals surface area (Å²) in [5.74, 6) is 0.115. The third kappa shape index (κ3) is 3.80. The van der Waals surface area contributed by atoms with E-state index in [9.17, 15) is 4.79 Å². The molecule has 4 nitrogen and oxygen atoms in total. The second-order valence-electron chi connectivity index (χ2n) is 8.65. The molecule has 2 aromatic carbocycles. The largest absolute Gasteiger partial charge is 0.335 e. The van der Waals surface area contributed by atoms with E-state index >= 15 is 0 Å². The molecule has 0 saturated carbocycles. The highest BCUT2D eigenvalue weighted by Crippen LogP contribution is 2.36. The van der Waals surface area contributed by atoms with Crippen molar-refractivity contribution >= 4 is 23.2 Å². The molecule has 1 amide bonds. The van der Waals surface area contributed by atoms with Crippen LogP contribution in [0.3, 0.4) is 0 Å². The van der Waals surface area contributed by atoms with E-state index in [2.05, 4.69) is 54.8 Å². The molecule has 0 radical (unpaired) electrons. The van der Waals surface area contributed by atoms with Gasteiger partial charge in [-0.3, -0.25) is 4.79 Å². The van der Waals surface area contributed by atoms with Crippen molar-refractivity contribution in [3.05, 3.63) is 94.3 Å². The normalized spacial score (nSPS) is 16.1. The van der Waals surface area contributed by atoms with Crippen LogP contribution in [0, 0.1) is 13.8 Å². The van der Waals surface area contributed by atoms with Gasteiger partial charge in [-0.05, 0) is 49.9 Å². The number of carbonyl (C=O) groups is 1. The van der Waals surface area contributed by atoms with Gasteiger partial charge in [0.25, 0.3) is 0 Å². The van der Waals surface area contributed by atoms with Crippen LogP contribution < -0.4 is 0 Å². The first-order valence-electron chi connectivity index (χ1n) is 11.1. The zero-order valence-corrected chi connectivity index (χ0v) is 19.1. The van der Waals surface area contributed by atoms with Gasteiger partial charge in [-0.1, -0.05) is 65.7 Å². The maximum absolute atomic E-state index is 13.6. The van der Waals surface area contributed by atoms with Crippen molar-refractivity contribution in [2.45, 2.75) is 39.2 Å². The summed E-state index contributed by atoms with van der Waals surface area (Å²) in [6.07, 6.45) is 4.29. The van der Waals surface area contributed by atoms with Crippen LogP contribution >= 0.6 is 11.6 Å². The van der Waals surface area contributed by atoms with E-state index in [4.69, 9.17) is 16.6 Å². The fraction of sp³-hybridized carbons (Fsp3) is 0.259. The predicted octanol–water partition coefficient (Wildman–Crippen LogP) is 6.18. The number of aromatic nitrogens is 2. The molecule has 1 unspecified atom stereocenters. The highest BCUT2D eigenvalue weighted by Gasteiger charge is 2.32. The number of halogens is 1. The molecule has 5 heteroatoms. The monoisotopic (exact) mass is 443 g/mol. The Bertz CT molecular complexity index is 1290. The van der Waals surface area contributed by atoms with Crippen molar-refractivity contribution in [2.24, 2.45) is 0 Å². The maximum Gasteiger partial charge on any atom is 0.229 e. The lowest BCUT2D eigenvalue weighted by molar-refractivity contribution is -0.131. The molecule has 32 heavy (non-hydrogen) atoms. The molecule has 1 atom stereocenters. The number of likely N-dealkylation sites (tertiary alicyclic amines) is 1. The Morgan fingerprint density at radius 1 is 1.03 bits per heavy atom. The fourth-order valence-corrected chi connectivity index (χ4v) is 4.95. The van der Waals surface area contributed by atoms with Crippen LogP contribution in [0.1, 0.15) is 41.3 Å². The molecule has 1 saturated heterocycles. The van der Waals surface area contributed by atoms with Crippen LogP contribution in [0.25, 0.3) is 16.9 Å². The second-order valence-corrected chi connectivity index (χ2v) is 9.06. The van der Waals surface area contributed by atoms with Crippen molar-refractivity contribution < 1.29 is 4.79 Å². The Kier molecular flexibility index (Phi) is 5.48. The van der Waals surface area contributed by atoms with Crippen molar-refractivity contribution in [1.82, 2.24) is 14.3 Å². The number of amides is 1. The number of rotatable bonds is 4. The molecule has 1 fully saturated rings. The van der Waals surface area contributed by atoms with Gasteiger partial charge >= 0.3 is 0 Å². The number of aryl methyl sites for hydroxylation is 2. The average molecular weight is 444 g/mol. The molecule has 2 aromatic heterocycles. The van der Waals surface area contributed by atoms with Crippen LogP contribution in [0.5, 0.6) is 0 Å². The summed E-state index contributed by atoms with van der Waals surface area (Å²) in [7, 11) is 0. The van der Waals surface area contributed by atoms with Crippen molar-refractivity contribution in [2.75, 3.05) is 6.54 Å². The van der Waals surface area contributed by atoms with E-state index in [0.717, 1.165) is 58.1 Å². The summed E-state index contributed by atoms with van der Waals surface area (Å²) in [6.45, 7) is 4.89. The van der Waals surface area contributed by atoms with Crippen molar-refractivity contribution in [1.29, 1.82) is 0 Å². The SMILES string of the molecule is Cc1ccc(-c2nc3ccc(C)cn3c2CC(=O)N2CCCC2c2ccccc2Cl)cc1. The zero-order valence-electron chi connectivity index (χ0n) is 18.4. The number of benzene rings is 2. The van der Waals surface area contributed by atoms with Gasteiger partial charge in [-0.25, -0.2) is 4.98 Å². The molecular formula is C27H26ClN3O. The van der Waals surface area contributed by atoms with Gasteiger partial charge < -0.3 is 9.30 Å². The first-order valence-corrected chi connectivity index (χ1v) is 11.5. The van der Waals surface area contributed by atoms with Gasteiger partial charge in [0.05, 0.1) is 23.9 Å². The standard InChI is InChI=1S/C27H26ClN3O/c1-18-9-12-20(13-10-18)27-24(31-17-19(2)11-14-25(31)29-27)16-26(32)30-15-5-8-23(30)21-6-3-4-7-22(21)28/h3-4,6-7,9-14,17,23H,5,8,15-16H2,1-2H3. The Labute approximate surface area is 193 Å². The molecule has 5 rings (SSSR count). The summed E-state index contributed by atoms with van der Waals surface area (Å²) < 4.78 is 2.07. The number of nitrogens with zero attached hydrogens (tertiary/aromatic N) is 3. The van der Waals surface area contributed by atoms with Crippen molar-refractivity contribution in [3.8, 4) is 11.3 Å². The molecule has 1 aliphatic heterocycles. The zero-order chi connectivity index (χ0) is 22.2. The van der Waals surface area contributed by atoms with Crippen LogP contribution in [-0.2, 0) is 11.2 Å². The Balaban J connectivity index is 1.53. The minimum Gasteiger partial charge on any atom is -0.335 e. The highest BCUT2D eigenvalue weighted by molar-refractivity contribution is 6.31. The summed E-state index contributed by atoms with van der Waals surface area (Å²) in [6, 6.07) is 20.3. The molecule has 0 aliphatic carbocycles. The molecule has 0 bridgehead atoms. The number of imidazole rings is 1. The Hall–Kier alpha value is -3.11. The fourth-order valence-electron chi connectivity index (χ4n) is 4.69.